The van der Waals surface area contributed by atoms with Gasteiger partial charge in [0.15, 0.2) is 0 Å². The van der Waals surface area contributed by atoms with Gasteiger partial charge in [0, 0.05) is 0 Å². The van der Waals surface area contributed by atoms with Gasteiger partial charge in [-0.2, -0.15) is 5.26 Å². The van der Waals surface area contributed by atoms with E-state index in [0.717, 1.165) is 0 Å². The molecule has 5 N–H and O–H groups in total. The lowest BCUT2D eigenvalue weighted by molar-refractivity contribution is 0.0694. The molecule has 0 saturated carbocycles. The minimum atomic E-state index is -1.07. The fourth-order valence-corrected chi connectivity index (χ4v) is 0.158. The van der Waals surface area contributed by atoms with Crippen LogP contribution in [0.2, 0.25) is 0 Å². The van der Waals surface area contributed by atoms with Crippen molar-refractivity contribution in [2.45, 2.75) is 25.5 Å². The molecule has 0 aliphatic heterocycles. The van der Waals surface area contributed by atoms with E-state index in [2.05, 4.69) is 0 Å². The van der Waals surface area contributed by atoms with Gasteiger partial charge >= 0.3 is 0 Å². The zero-order valence-electron chi connectivity index (χ0n) is 5.55. The van der Waals surface area contributed by atoms with Gasteiger partial charge in [-0.15, -0.1) is 0 Å². The Labute approximate surface area is 54.2 Å². The van der Waals surface area contributed by atoms with Crippen LogP contribution in [0.25, 0.3) is 0 Å². The molecule has 0 radical (unpaired) electrons. The molecule has 0 heterocycles. The maximum Gasteiger partial charge on any atom is 0.121 e. The molecule has 0 fully saturated rings. The third-order valence-corrected chi connectivity index (χ3v) is 0.900. The van der Waals surface area contributed by atoms with Crippen LogP contribution >= 0.6 is 0 Å². The van der Waals surface area contributed by atoms with Crippen molar-refractivity contribution in [1.82, 2.24) is 0 Å². The van der Waals surface area contributed by atoms with Crippen LogP contribution in [-0.4, -0.2) is 22.2 Å². The van der Waals surface area contributed by atoms with Crippen molar-refractivity contribution in [3.05, 3.63) is 0 Å². The van der Waals surface area contributed by atoms with Crippen LogP contribution in [0.3, 0.4) is 0 Å². The highest BCUT2D eigenvalue weighted by atomic mass is 16.3. The predicted octanol–water partition coefficient (Wildman–Crippen LogP) is -1.22. The summed E-state index contributed by atoms with van der Waals surface area (Å²) < 4.78 is 0. The van der Waals surface area contributed by atoms with Gasteiger partial charge < -0.3 is 16.3 Å². The topological polar surface area (TPSA) is 102 Å². The normalized spacial score (nSPS) is 13.2. The van der Waals surface area contributed by atoms with Crippen molar-refractivity contribution in [2.24, 2.45) is 5.73 Å². The second-order valence-electron chi connectivity index (χ2n) is 2.26. The number of nitriles is 1. The minimum Gasteiger partial charge on any atom is -0.412 e. The van der Waals surface area contributed by atoms with Gasteiger partial charge in [0.1, 0.15) is 6.04 Å². The number of nitrogens with two attached hydrogens (primary N) is 1. The molecular weight excluding hydrogens is 120 g/mol. The predicted molar refractivity (Wildman–Crippen MR) is 33.5 cm³/mol. The van der Waals surface area contributed by atoms with Crippen LogP contribution < -0.4 is 5.73 Å². The van der Waals surface area contributed by atoms with Crippen molar-refractivity contribution < 1.29 is 10.6 Å². The summed E-state index contributed by atoms with van der Waals surface area (Å²) >= 11 is 0. The third kappa shape index (κ3) is 3.91. The van der Waals surface area contributed by atoms with Gasteiger partial charge in [-0.3, -0.25) is 0 Å². The monoisotopic (exact) mass is 132 g/mol. The van der Waals surface area contributed by atoms with Crippen LogP contribution in [-0.2, 0) is 0 Å². The highest BCUT2D eigenvalue weighted by molar-refractivity contribution is 4.97. The number of hydrogen-bond donors (Lipinski definition) is 2. The van der Waals surface area contributed by atoms with Gasteiger partial charge in [0.2, 0.25) is 0 Å². The molecule has 0 amide bonds. The summed E-state index contributed by atoms with van der Waals surface area (Å²) in [5.41, 5.74) is 4.06. The van der Waals surface area contributed by atoms with Crippen LogP contribution in [0.1, 0.15) is 13.8 Å². The van der Waals surface area contributed by atoms with Crippen molar-refractivity contribution in [3.8, 4) is 6.07 Å². The lowest BCUT2D eigenvalue weighted by Crippen LogP contribution is -2.41. The molecule has 1 unspecified atom stereocenters. The molecule has 1 atom stereocenters. The van der Waals surface area contributed by atoms with Gasteiger partial charge in [-0.1, -0.05) is 0 Å². The van der Waals surface area contributed by atoms with Gasteiger partial charge in [0.05, 0.1) is 11.7 Å². The van der Waals surface area contributed by atoms with E-state index in [1.54, 1.807) is 6.07 Å². The summed E-state index contributed by atoms with van der Waals surface area (Å²) in [7, 11) is 0. The zero-order chi connectivity index (χ0) is 6.78. The molecule has 4 heteroatoms. The molecule has 9 heavy (non-hydrogen) atoms. The number of hydrogen-bond acceptors (Lipinski definition) is 3. The van der Waals surface area contributed by atoms with Crippen molar-refractivity contribution in [1.29, 1.82) is 5.26 Å². The van der Waals surface area contributed by atoms with E-state index in [1.807, 2.05) is 0 Å². The molecule has 54 valence electrons. The van der Waals surface area contributed by atoms with Crippen LogP contribution in [0.5, 0.6) is 0 Å². The summed E-state index contributed by atoms with van der Waals surface area (Å²) in [5, 5.41) is 17.1. The molecule has 4 nitrogen and oxygen atoms in total. The van der Waals surface area contributed by atoms with Crippen molar-refractivity contribution in [2.75, 3.05) is 0 Å². The summed E-state index contributed by atoms with van der Waals surface area (Å²) in [6.45, 7) is 3.00. The van der Waals surface area contributed by atoms with E-state index in [4.69, 9.17) is 16.1 Å². The first-order valence-corrected chi connectivity index (χ1v) is 2.36. The second-order valence-corrected chi connectivity index (χ2v) is 2.26. The van der Waals surface area contributed by atoms with E-state index in [0.29, 0.717) is 0 Å². The number of aliphatic hydroxyl groups is 1. The van der Waals surface area contributed by atoms with Crippen LogP contribution in [0.15, 0.2) is 0 Å². The first-order chi connectivity index (χ1) is 3.48. The summed E-state index contributed by atoms with van der Waals surface area (Å²) in [6, 6.07) is 0.943. The van der Waals surface area contributed by atoms with E-state index >= 15 is 0 Å². The molecule has 0 bridgehead atoms. The highest BCUT2D eigenvalue weighted by Gasteiger charge is 2.21. The smallest absolute Gasteiger partial charge is 0.121 e. The van der Waals surface area contributed by atoms with E-state index in [1.165, 1.54) is 13.8 Å². The van der Waals surface area contributed by atoms with Crippen LogP contribution in [0, 0.1) is 11.3 Å². The lowest BCUT2D eigenvalue weighted by atomic mass is 10.0. The Morgan fingerprint density at radius 3 is 2.00 bits per heavy atom. The highest BCUT2D eigenvalue weighted by Crippen LogP contribution is 2.03. The second kappa shape index (κ2) is 3.41. The molecule has 0 aliphatic carbocycles. The quantitative estimate of drug-likeness (QED) is 0.467. The molecule has 0 saturated heterocycles. The zero-order valence-corrected chi connectivity index (χ0v) is 5.55. The fraction of sp³-hybridized carbons (Fsp3) is 0.800. The SMILES string of the molecule is CC(C)(O)C(N)C#N.O. The average molecular weight is 132 g/mol. The van der Waals surface area contributed by atoms with Crippen molar-refractivity contribution >= 4 is 0 Å². The Morgan fingerprint density at radius 2 is 2.00 bits per heavy atom. The Bertz CT molecular complexity index is 111. The van der Waals surface area contributed by atoms with E-state index in [9.17, 15) is 0 Å². The standard InChI is InChI=1S/C5H10N2O.H2O/c1-5(2,8)4(7)3-6;/h4,8H,7H2,1-2H3;1H2. The molecule has 0 aromatic carbocycles. The average Bonchev–Trinajstić information content (AvgIpc) is 1.62. The number of rotatable bonds is 1. The van der Waals surface area contributed by atoms with Crippen LogP contribution in [0.4, 0.5) is 0 Å². The number of nitrogens with zero attached hydrogens (tertiary/aromatic N) is 1. The Morgan fingerprint density at radius 1 is 1.67 bits per heavy atom. The molecule has 0 aromatic heterocycles. The van der Waals surface area contributed by atoms with Gasteiger partial charge in [-0.25, -0.2) is 0 Å². The Balaban J connectivity index is 0. The first-order valence-electron chi connectivity index (χ1n) is 2.36. The Hall–Kier alpha value is -0.630. The fourth-order valence-electron chi connectivity index (χ4n) is 0.158. The minimum absolute atomic E-state index is 0. The van der Waals surface area contributed by atoms with E-state index in [-0.39, 0.29) is 5.48 Å². The van der Waals surface area contributed by atoms with Crippen molar-refractivity contribution in [3.63, 3.8) is 0 Å². The molecule has 0 spiro atoms. The van der Waals surface area contributed by atoms with Gasteiger partial charge in [0.25, 0.3) is 0 Å². The summed E-state index contributed by atoms with van der Waals surface area (Å²) in [6.07, 6.45) is 0. The summed E-state index contributed by atoms with van der Waals surface area (Å²) in [5.74, 6) is 0. The van der Waals surface area contributed by atoms with Gasteiger partial charge in [-0.05, 0) is 13.8 Å². The molecule has 0 rings (SSSR count). The molecule has 0 aliphatic rings. The third-order valence-electron chi connectivity index (χ3n) is 0.900. The molecular formula is C5H12N2O2. The first kappa shape index (κ1) is 11.2. The summed E-state index contributed by atoms with van der Waals surface area (Å²) in [4.78, 5) is 0. The largest absolute Gasteiger partial charge is 0.412 e. The molecule has 0 aromatic rings. The maximum atomic E-state index is 8.94. The maximum absolute atomic E-state index is 8.94. The Kier molecular flexibility index (Phi) is 4.24. The lowest BCUT2D eigenvalue weighted by Gasteiger charge is -2.18. The van der Waals surface area contributed by atoms with E-state index < -0.39 is 11.6 Å².